The van der Waals surface area contributed by atoms with Crippen LogP contribution in [0.1, 0.15) is 31.7 Å². The minimum absolute atomic E-state index is 0.641. The lowest BCUT2D eigenvalue weighted by molar-refractivity contribution is 0.602. The Hall–Kier alpha value is -1.18. The Kier molecular flexibility index (Phi) is 2.85. The minimum Gasteiger partial charge on any atom is -0.398 e. The van der Waals surface area contributed by atoms with Crippen molar-refractivity contribution in [1.82, 2.24) is 0 Å². The van der Waals surface area contributed by atoms with Gasteiger partial charge < -0.3 is 11.1 Å². The second-order valence-corrected chi connectivity index (χ2v) is 4.83. The maximum Gasteiger partial charge on any atom is 0.0364 e. The summed E-state index contributed by atoms with van der Waals surface area (Å²) in [6.07, 6.45) is 3.92. The number of anilines is 2. The van der Waals surface area contributed by atoms with Gasteiger partial charge in [-0.05, 0) is 49.8 Å². The lowest BCUT2D eigenvalue weighted by atomic mass is 10.1. The molecule has 0 aromatic heterocycles. The van der Waals surface area contributed by atoms with E-state index in [1.54, 1.807) is 0 Å². The van der Waals surface area contributed by atoms with Gasteiger partial charge in [-0.15, -0.1) is 0 Å². The first-order chi connectivity index (χ1) is 7.15. The van der Waals surface area contributed by atoms with Crippen LogP contribution < -0.4 is 11.1 Å². The van der Waals surface area contributed by atoms with E-state index in [2.05, 4.69) is 24.4 Å². The highest BCUT2D eigenvalue weighted by atomic mass is 14.9. The van der Waals surface area contributed by atoms with E-state index >= 15 is 0 Å². The highest BCUT2D eigenvalue weighted by Gasteiger charge is 2.20. The lowest BCUT2D eigenvalue weighted by Crippen LogP contribution is -2.15. The Morgan fingerprint density at radius 1 is 1.33 bits per heavy atom. The second kappa shape index (κ2) is 4.13. The van der Waals surface area contributed by atoms with E-state index in [4.69, 9.17) is 5.73 Å². The zero-order chi connectivity index (χ0) is 10.8. The summed E-state index contributed by atoms with van der Waals surface area (Å²) in [7, 11) is 0. The lowest BCUT2D eigenvalue weighted by Gasteiger charge is -2.14. The van der Waals surface area contributed by atoms with E-state index in [-0.39, 0.29) is 0 Å². The molecule has 1 aromatic rings. The van der Waals surface area contributed by atoms with Crippen LogP contribution in [0.5, 0.6) is 0 Å². The normalized spacial score (nSPS) is 25.5. The van der Waals surface area contributed by atoms with Crippen LogP contribution in [0.25, 0.3) is 0 Å². The van der Waals surface area contributed by atoms with Gasteiger partial charge in [0.05, 0.1) is 0 Å². The van der Waals surface area contributed by atoms with Gasteiger partial charge in [-0.3, -0.25) is 0 Å². The first kappa shape index (κ1) is 10.3. The number of aryl methyl sites for hydroxylation is 1. The molecule has 15 heavy (non-hydrogen) atoms. The molecule has 0 radical (unpaired) electrons. The van der Waals surface area contributed by atoms with Crippen molar-refractivity contribution in [2.75, 3.05) is 11.1 Å². The van der Waals surface area contributed by atoms with E-state index in [1.165, 1.54) is 19.3 Å². The van der Waals surface area contributed by atoms with Gasteiger partial charge in [0.1, 0.15) is 0 Å². The molecule has 3 N–H and O–H groups in total. The van der Waals surface area contributed by atoms with E-state index in [0.29, 0.717) is 6.04 Å². The second-order valence-electron chi connectivity index (χ2n) is 4.83. The third-order valence-corrected chi connectivity index (χ3v) is 3.34. The number of nitrogens with one attached hydrogen (secondary N) is 1. The fourth-order valence-electron chi connectivity index (χ4n) is 2.30. The number of nitrogens with two attached hydrogens (primary N) is 1. The Bertz CT molecular complexity index is 346. The van der Waals surface area contributed by atoms with Crippen molar-refractivity contribution < 1.29 is 0 Å². The summed E-state index contributed by atoms with van der Waals surface area (Å²) in [6.45, 7) is 4.36. The number of hydrogen-bond acceptors (Lipinski definition) is 2. The van der Waals surface area contributed by atoms with Crippen molar-refractivity contribution in [3.8, 4) is 0 Å². The first-order valence-corrected chi connectivity index (χ1v) is 5.78. The largest absolute Gasteiger partial charge is 0.398 e. The van der Waals surface area contributed by atoms with E-state index < -0.39 is 0 Å². The molecule has 1 saturated carbocycles. The Balaban J connectivity index is 2.02. The molecular weight excluding hydrogens is 184 g/mol. The third-order valence-electron chi connectivity index (χ3n) is 3.34. The van der Waals surface area contributed by atoms with Crippen LogP contribution >= 0.6 is 0 Å². The molecule has 0 amide bonds. The number of rotatable bonds is 2. The summed E-state index contributed by atoms with van der Waals surface area (Å²) in [6, 6.07) is 6.88. The summed E-state index contributed by atoms with van der Waals surface area (Å²) in [5.41, 5.74) is 9.08. The molecule has 2 nitrogen and oxygen atoms in total. The number of hydrogen-bond donors (Lipinski definition) is 2. The monoisotopic (exact) mass is 204 g/mol. The van der Waals surface area contributed by atoms with Crippen molar-refractivity contribution in [2.24, 2.45) is 5.92 Å². The molecular formula is C13H20N2. The maximum atomic E-state index is 5.88. The molecule has 1 aliphatic carbocycles. The molecule has 2 heteroatoms. The molecule has 0 aliphatic heterocycles. The zero-order valence-corrected chi connectivity index (χ0v) is 9.59. The summed E-state index contributed by atoms with van der Waals surface area (Å²) in [5.74, 6) is 0.866. The van der Waals surface area contributed by atoms with Gasteiger partial charge in [0, 0.05) is 17.4 Å². The molecule has 82 valence electrons. The fraction of sp³-hybridized carbons (Fsp3) is 0.538. The maximum absolute atomic E-state index is 5.88. The molecule has 0 heterocycles. The van der Waals surface area contributed by atoms with Gasteiger partial charge >= 0.3 is 0 Å². The molecule has 2 rings (SSSR count). The average Bonchev–Trinajstić information content (AvgIpc) is 2.58. The minimum atomic E-state index is 0.641. The molecule has 2 unspecified atom stereocenters. The first-order valence-electron chi connectivity index (χ1n) is 5.78. The van der Waals surface area contributed by atoms with Crippen molar-refractivity contribution in [3.05, 3.63) is 23.8 Å². The summed E-state index contributed by atoms with van der Waals surface area (Å²) in [4.78, 5) is 0. The van der Waals surface area contributed by atoms with Gasteiger partial charge in [-0.1, -0.05) is 13.0 Å². The molecule has 1 aromatic carbocycles. The molecule has 2 atom stereocenters. The zero-order valence-electron chi connectivity index (χ0n) is 9.59. The third kappa shape index (κ3) is 2.44. The highest BCUT2D eigenvalue weighted by Crippen LogP contribution is 2.28. The van der Waals surface area contributed by atoms with Gasteiger partial charge in [0.15, 0.2) is 0 Å². The van der Waals surface area contributed by atoms with Crippen molar-refractivity contribution >= 4 is 11.4 Å². The van der Waals surface area contributed by atoms with Gasteiger partial charge in [-0.25, -0.2) is 0 Å². The van der Waals surface area contributed by atoms with Crippen molar-refractivity contribution in [1.29, 1.82) is 0 Å². The van der Waals surface area contributed by atoms with Crippen LogP contribution in [0.4, 0.5) is 11.4 Å². The summed E-state index contributed by atoms with van der Waals surface area (Å²) >= 11 is 0. The Labute approximate surface area is 91.9 Å². The van der Waals surface area contributed by atoms with Crippen LogP contribution in [-0.2, 0) is 0 Å². The van der Waals surface area contributed by atoms with Crippen LogP contribution in [-0.4, -0.2) is 6.04 Å². The van der Waals surface area contributed by atoms with E-state index in [0.717, 1.165) is 22.9 Å². The van der Waals surface area contributed by atoms with Crippen LogP contribution in [0, 0.1) is 12.8 Å². The molecule has 1 fully saturated rings. The van der Waals surface area contributed by atoms with E-state index in [1.807, 2.05) is 13.0 Å². The van der Waals surface area contributed by atoms with Crippen molar-refractivity contribution in [2.45, 2.75) is 39.2 Å². The van der Waals surface area contributed by atoms with Crippen LogP contribution in [0.15, 0.2) is 18.2 Å². The quantitative estimate of drug-likeness (QED) is 0.726. The molecule has 1 aliphatic rings. The standard InChI is InChI=1S/C13H20N2/c1-9-3-5-11(7-9)15-12-6-4-10(2)13(14)8-12/h4,6,8-9,11,15H,3,5,7,14H2,1-2H3. The fourth-order valence-corrected chi connectivity index (χ4v) is 2.30. The predicted molar refractivity (Wildman–Crippen MR) is 66.0 cm³/mol. The van der Waals surface area contributed by atoms with Gasteiger partial charge in [0.25, 0.3) is 0 Å². The Morgan fingerprint density at radius 3 is 2.73 bits per heavy atom. The number of nitrogen functional groups attached to an aromatic ring is 1. The summed E-state index contributed by atoms with van der Waals surface area (Å²) in [5, 5.41) is 3.56. The smallest absolute Gasteiger partial charge is 0.0364 e. The highest BCUT2D eigenvalue weighted by molar-refractivity contribution is 5.58. The molecule has 0 bridgehead atoms. The SMILES string of the molecule is Cc1ccc(NC2CCC(C)C2)cc1N. The van der Waals surface area contributed by atoms with Crippen LogP contribution in [0.3, 0.4) is 0 Å². The topological polar surface area (TPSA) is 38.0 Å². The predicted octanol–water partition coefficient (Wildman–Crippen LogP) is 3.18. The average molecular weight is 204 g/mol. The van der Waals surface area contributed by atoms with E-state index in [9.17, 15) is 0 Å². The van der Waals surface area contributed by atoms with Crippen molar-refractivity contribution in [3.63, 3.8) is 0 Å². The Morgan fingerprint density at radius 2 is 2.13 bits per heavy atom. The molecule has 0 spiro atoms. The van der Waals surface area contributed by atoms with Gasteiger partial charge in [-0.2, -0.15) is 0 Å². The summed E-state index contributed by atoms with van der Waals surface area (Å²) < 4.78 is 0. The molecule has 0 saturated heterocycles. The van der Waals surface area contributed by atoms with Gasteiger partial charge in [0.2, 0.25) is 0 Å². The number of benzene rings is 1. The van der Waals surface area contributed by atoms with Crippen LogP contribution in [0.2, 0.25) is 0 Å².